The third kappa shape index (κ3) is 6.10. The van der Waals surface area contributed by atoms with Crippen molar-refractivity contribution in [3.05, 3.63) is 90.9 Å². The van der Waals surface area contributed by atoms with Crippen LogP contribution in [0.3, 0.4) is 0 Å². The van der Waals surface area contributed by atoms with Gasteiger partial charge in [-0.05, 0) is 18.2 Å². The first-order chi connectivity index (χ1) is 11.7. The van der Waals surface area contributed by atoms with Gasteiger partial charge in [0.2, 0.25) is 0 Å². The second-order valence-electron chi connectivity index (χ2n) is 4.73. The Morgan fingerprint density at radius 3 is 1.88 bits per heavy atom. The average Bonchev–Trinajstić information content (AvgIpc) is 3.15. The molecule has 0 aliphatic carbocycles. The molecule has 1 aromatic heterocycles. The Hall–Kier alpha value is -2.24. The molecule has 3 aromatic rings. The first kappa shape index (κ1) is 18.1. The summed E-state index contributed by atoms with van der Waals surface area (Å²) < 4.78 is 7.45. The van der Waals surface area contributed by atoms with Gasteiger partial charge in [0.1, 0.15) is 5.76 Å². The summed E-state index contributed by atoms with van der Waals surface area (Å²) in [5.41, 5.74) is 0. The number of furan rings is 1. The molecule has 0 fully saturated rings. The third-order valence-corrected chi connectivity index (χ3v) is 8.78. The Morgan fingerprint density at radius 2 is 1.46 bits per heavy atom. The molecule has 0 saturated carbocycles. The minimum atomic E-state index is -1.73. The van der Waals surface area contributed by atoms with Crippen LogP contribution in [-0.2, 0) is 4.79 Å². The van der Waals surface area contributed by atoms with E-state index in [4.69, 9.17) is 19.5 Å². The molecule has 121 valence electrons. The zero-order valence-electron chi connectivity index (χ0n) is 12.8. The molecular weight excluding hydrogens is 384 g/mol. The molecule has 0 unspecified atom stereocenters. The number of aliphatic carboxylic acids is 1. The van der Waals surface area contributed by atoms with Gasteiger partial charge < -0.3 is 9.52 Å². The van der Waals surface area contributed by atoms with Crippen LogP contribution in [0.5, 0.6) is 0 Å². The molecule has 0 aliphatic heterocycles. The van der Waals surface area contributed by atoms with E-state index < -0.39 is 19.4 Å². The third-order valence-electron chi connectivity index (χ3n) is 2.99. The van der Waals surface area contributed by atoms with Crippen LogP contribution < -0.4 is 8.79 Å². The van der Waals surface area contributed by atoms with E-state index in [9.17, 15) is 4.79 Å². The summed E-state index contributed by atoms with van der Waals surface area (Å²) in [7, 11) is 6.50. The quantitative estimate of drug-likeness (QED) is 0.540. The van der Waals surface area contributed by atoms with Crippen LogP contribution in [0, 0.1) is 0 Å². The molecule has 1 N–H and O–H groups in total. The van der Waals surface area contributed by atoms with Crippen molar-refractivity contribution in [3.63, 3.8) is 0 Å². The van der Waals surface area contributed by atoms with Crippen molar-refractivity contribution in [3.8, 4) is 0 Å². The van der Waals surface area contributed by atoms with Crippen molar-refractivity contribution in [1.82, 2.24) is 0 Å². The van der Waals surface area contributed by atoms with E-state index in [-0.39, 0.29) is 0 Å². The summed E-state index contributed by atoms with van der Waals surface area (Å²) in [6, 6.07) is 24.1. The van der Waals surface area contributed by atoms with Crippen LogP contribution in [0.25, 0.3) is 6.08 Å². The fourth-order valence-electron chi connectivity index (χ4n) is 1.88. The van der Waals surface area contributed by atoms with Gasteiger partial charge >= 0.3 is 98.9 Å². The van der Waals surface area contributed by atoms with E-state index in [1.54, 1.807) is 12.1 Å². The molecule has 3 rings (SSSR count). The monoisotopic (exact) mass is 401 g/mol. The minimum absolute atomic E-state index is 0.544. The van der Waals surface area contributed by atoms with Gasteiger partial charge in [-0.3, -0.25) is 0 Å². The van der Waals surface area contributed by atoms with E-state index in [0.29, 0.717) is 5.76 Å². The topological polar surface area (TPSA) is 50.4 Å². The maximum absolute atomic E-state index is 9.97. The van der Waals surface area contributed by atoms with Crippen LogP contribution in [0.15, 0.2) is 89.6 Å². The van der Waals surface area contributed by atoms with Crippen molar-refractivity contribution in [2.24, 2.45) is 0 Å². The molecule has 2 aromatic carbocycles. The molecule has 24 heavy (non-hydrogen) atoms. The normalized spacial score (nSPS) is 10.4. The molecule has 1 heterocycles. The van der Waals surface area contributed by atoms with Crippen LogP contribution in [0.2, 0.25) is 0 Å². The van der Waals surface area contributed by atoms with Gasteiger partial charge in [0.25, 0.3) is 0 Å². The van der Waals surface area contributed by atoms with Crippen molar-refractivity contribution in [2.45, 2.75) is 0 Å². The number of benzene rings is 2. The second kappa shape index (κ2) is 9.80. The van der Waals surface area contributed by atoms with Crippen molar-refractivity contribution in [2.75, 3.05) is 0 Å². The molecule has 5 heteroatoms. The average molecular weight is 400 g/mol. The van der Waals surface area contributed by atoms with Crippen LogP contribution in [-0.4, -0.2) is 24.5 Å². The summed E-state index contributed by atoms with van der Waals surface area (Å²) in [5, 5.41) is 8.18. The van der Waals surface area contributed by atoms with E-state index >= 15 is 0 Å². The number of halogens is 1. The van der Waals surface area contributed by atoms with Gasteiger partial charge in [-0.2, -0.15) is 0 Å². The molecule has 0 atom stereocenters. The second-order valence-corrected chi connectivity index (χ2v) is 10.4. The summed E-state index contributed by atoms with van der Waals surface area (Å²) in [5.74, 6) is -0.432. The number of carboxylic acid groups (broad SMARTS) is 1. The van der Waals surface area contributed by atoms with Crippen LogP contribution >= 0.6 is 10.0 Å². The number of carbonyl (C=O) groups is 1. The van der Waals surface area contributed by atoms with E-state index in [1.165, 1.54) is 21.1 Å². The fraction of sp³-hybridized carbons (Fsp3) is 0. The van der Waals surface area contributed by atoms with Gasteiger partial charge in [-0.25, -0.2) is 4.79 Å². The van der Waals surface area contributed by atoms with Gasteiger partial charge in [0, 0.05) is 6.08 Å². The summed E-state index contributed by atoms with van der Waals surface area (Å²) in [6.45, 7) is 0. The summed E-state index contributed by atoms with van der Waals surface area (Å²) in [6.07, 6.45) is 3.91. The van der Waals surface area contributed by atoms with Crippen LogP contribution in [0.1, 0.15) is 5.76 Å². The Balaban J connectivity index is 0.000000185. The zero-order valence-corrected chi connectivity index (χ0v) is 15.7. The van der Waals surface area contributed by atoms with E-state index in [0.717, 1.165) is 6.08 Å². The Kier molecular flexibility index (Phi) is 7.40. The van der Waals surface area contributed by atoms with Crippen molar-refractivity contribution < 1.29 is 14.3 Å². The van der Waals surface area contributed by atoms with Gasteiger partial charge in [0.15, 0.2) is 0 Å². The molecule has 0 bridgehead atoms. The Morgan fingerprint density at radius 1 is 0.917 bits per heavy atom. The standard InChI is InChI=1S/C12H10ClGe.C7H6O3/c13-14(11-7-3-1-4-8-11)12-9-5-2-6-10-12;8-7(9)4-3-6-2-1-5-10-6/h1-10H;1-5H,(H,8,9)/b;4-3+. The van der Waals surface area contributed by atoms with Crippen LogP contribution in [0.4, 0.5) is 0 Å². The number of hydrogen-bond donors (Lipinski definition) is 1. The van der Waals surface area contributed by atoms with Crippen molar-refractivity contribution >= 4 is 44.3 Å². The first-order valence-electron chi connectivity index (χ1n) is 7.24. The Bertz CT molecular complexity index is 716. The number of rotatable bonds is 4. The van der Waals surface area contributed by atoms with Gasteiger partial charge in [-0.1, -0.05) is 0 Å². The molecule has 0 spiro atoms. The predicted octanol–water partition coefficient (Wildman–Crippen LogP) is 3.41. The van der Waals surface area contributed by atoms with Gasteiger partial charge in [0.05, 0.1) is 6.26 Å². The maximum atomic E-state index is 9.97. The van der Waals surface area contributed by atoms with E-state index in [2.05, 4.69) is 24.3 Å². The molecule has 1 radical (unpaired) electrons. The summed E-state index contributed by atoms with van der Waals surface area (Å²) in [4.78, 5) is 9.97. The number of carboxylic acids is 1. The molecule has 0 amide bonds. The molecule has 0 saturated heterocycles. The van der Waals surface area contributed by atoms with E-state index in [1.807, 2.05) is 36.4 Å². The Labute approximate surface area is 149 Å². The fourth-order valence-corrected chi connectivity index (χ4v) is 5.92. The number of hydrogen-bond acceptors (Lipinski definition) is 2. The first-order valence-corrected chi connectivity index (χ1v) is 12.1. The zero-order chi connectivity index (χ0) is 17.2. The molecular formula is C19H16ClGeO3. The predicted molar refractivity (Wildman–Crippen MR) is 99.1 cm³/mol. The molecule has 3 nitrogen and oxygen atoms in total. The van der Waals surface area contributed by atoms with Crippen molar-refractivity contribution in [1.29, 1.82) is 0 Å². The SMILES string of the molecule is O=C(O)/C=C/c1ccco1.[Cl][Ge]([c]1ccccc1)[c]1ccccc1. The summed E-state index contributed by atoms with van der Waals surface area (Å²) >= 11 is -1.73. The van der Waals surface area contributed by atoms with Gasteiger partial charge in [-0.15, -0.1) is 0 Å². The molecule has 0 aliphatic rings.